The van der Waals surface area contributed by atoms with E-state index in [-0.39, 0.29) is 5.91 Å². The van der Waals surface area contributed by atoms with Gasteiger partial charge in [-0.1, -0.05) is 6.42 Å². The van der Waals surface area contributed by atoms with Crippen LogP contribution in [0.15, 0.2) is 22.8 Å². The van der Waals surface area contributed by atoms with Crippen molar-refractivity contribution in [2.24, 2.45) is 0 Å². The Labute approximate surface area is 118 Å². The fraction of sp³-hybridized carbons (Fsp3) is 0.643. The average molecular weight is 282 g/mol. The van der Waals surface area contributed by atoms with Crippen molar-refractivity contribution in [1.82, 2.24) is 10.2 Å². The zero-order valence-electron chi connectivity index (χ0n) is 11.6. The zero-order chi connectivity index (χ0) is 13.7. The summed E-state index contributed by atoms with van der Waals surface area (Å²) in [7, 11) is 2.05. The van der Waals surface area contributed by atoms with Crippen LogP contribution >= 0.6 is 11.8 Å². The van der Waals surface area contributed by atoms with Gasteiger partial charge in [0.15, 0.2) is 0 Å². The highest BCUT2D eigenvalue weighted by Crippen LogP contribution is 2.31. The van der Waals surface area contributed by atoms with Crippen LogP contribution in [0, 0.1) is 0 Å². The second-order valence-corrected chi connectivity index (χ2v) is 6.12. The molecule has 1 N–H and O–H groups in total. The third kappa shape index (κ3) is 4.01. The molecule has 0 bridgehead atoms. The molecule has 0 aromatic carbocycles. The lowest BCUT2D eigenvalue weighted by Crippen LogP contribution is -2.42. The summed E-state index contributed by atoms with van der Waals surface area (Å²) in [5, 5.41) is 3.56. The highest BCUT2D eigenvalue weighted by atomic mass is 32.2. The molecule has 1 amide bonds. The van der Waals surface area contributed by atoms with Crippen LogP contribution < -0.4 is 5.32 Å². The molecule has 1 aromatic rings. The maximum absolute atomic E-state index is 11.9. The van der Waals surface area contributed by atoms with Gasteiger partial charge in [0.1, 0.15) is 5.76 Å². The molecular formula is C14H22N2O2S. The van der Waals surface area contributed by atoms with Crippen LogP contribution in [-0.2, 0) is 11.3 Å². The SMILES string of the molecule is CSC1CCCC1N(C)CC(=O)NCc1ccco1. The average Bonchev–Trinajstić information content (AvgIpc) is 3.07. The molecule has 4 nitrogen and oxygen atoms in total. The number of carbonyl (C=O) groups excluding carboxylic acids is 1. The number of carbonyl (C=O) groups is 1. The van der Waals surface area contributed by atoms with Crippen molar-refractivity contribution < 1.29 is 9.21 Å². The van der Waals surface area contributed by atoms with E-state index in [9.17, 15) is 4.79 Å². The van der Waals surface area contributed by atoms with E-state index in [1.807, 2.05) is 30.9 Å². The predicted molar refractivity (Wildman–Crippen MR) is 78.1 cm³/mol. The second-order valence-electron chi connectivity index (χ2n) is 5.04. The molecule has 106 valence electrons. The Hall–Kier alpha value is -0.940. The topological polar surface area (TPSA) is 45.5 Å². The van der Waals surface area contributed by atoms with Crippen molar-refractivity contribution in [2.45, 2.75) is 37.1 Å². The van der Waals surface area contributed by atoms with Crippen molar-refractivity contribution in [2.75, 3.05) is 19.8 Å². The Morgan fingerprint density at radius 3 is 3.11 bits per heavy atom. The zero-order valence-corrected chi connectivity index (χ0v) is 12.4. The molecule has 19 heavy (non-hydrogen) atoms. The van der Waals surface area contributed by atoms with Gasteiger partial charge in [0, 0.05) is 11.3 Å². The number of nitrogens with one attached hydrogen (secondary N) is 1. The van der Waals surface area contributed by atoms with E-state index >= 15 is 0 Å². The molecule has 1 aromatic heterocycles. The lowest BCUT2D eigenvalue weighted by Gasteiger charge is -2.28. The third-order valence-corrected chi connectivity index (χ3v) is 4.87. The first-order valence-corrected chi connectivity index (χ1v) is 8.01. The van der Waals surface area contributed by atoms with Crippen molar-refractivity contribution >= 4 is 17.7 Å². The molecule has 0 radical (unpaired) electrons. The number of nitrogens with zero attached hydrogens (tertiary/aromatic N) is 1. The number of likely N-dealkylation sites (N-methyl/N-ethyl adjacent to an activating group) is 1. The van der Waals surface area contributed by atoms with Gasteiger partial charge in [-0.3, -0.25) is 9.69 Å². The largest absolute Gasteiger partial charge is 0.467 e. The smallest absolute Gasteiger partial charge is 0.234 e. The highest BCUT2D eigenvalue weighted by molar-refractivity contribution is 7.99. The first-order chi connectivity index (χ1) is 9.20. The Morgan fingerprint density at radius 2 is 2.42 bits per heavy atom. The molecule has 1 aliphatic rings. The predicted octanol–water partition coefficient (Wildman–Crippen LogP) is 2.11. The Kier molecular flexibility index (Phi) is 5.34. The molecule has 0 spiro atoms. The Bertz CT molecular complexity index is 394. The summed E-state index contributed by atoms with van der Waals surface area (Å²) in [6.07, 6.45) is 7.52. The van der Waals surface area contributed by atoms with E-state index in [0.717, 1.165) is 5.76 Å². The maximum Gasteiger partial charge on any atom is 0.234 e. The van der Waals surface area contributed by atoms with Gasteiger partial charge in [-0.05, 0) is 38.3 Å². The first kappa shape index (κ1) is 14.5. The van der Waals surface area contributed by atoms with E-state index in [1.54, 1.807) is 6.26 Å². The van der Waals surface area contributed by atoms with Gasteiger partial charge in [0.05, 0.1) is 19.4 Å². The van der Waals surface area contributed by atoms with Crippen LogP contribution in [0.2, 0.25) is 0 Å². The van der Waals surface area contributed by atoms with Crippen LogP contribution in [0.3, 0.4) is 0 Å². The van der Waals surface area contributed by atoms with Crippen molar-refractivity contribution in [1.29, 1.82) is 0 Å². The molecular weight excluding hydrogens is 260 g/mol. The summed E-state index contributed by atoms with van der Waals surface area (Å²) in [5.41, 5.74) is 0. The molecule has 0 saturated heterocycles. The number of amides is 1. The van der Waals surface area contributed by atoms with E-state index in [0.29, 0.717) is 24.4 Å². The number of rotatable bonds is 6. The molecule has 1 saturated carbocycles. The normalized spacial score (nSPS) is 22.9. The minimum atomic E-state index is 0.0608. The number of hydrogen-bond donors (Lipinski definition) is 1. The van der Waals surface area contributed by atoms with Gasteiger partial charge >= 0.3 is 0 Å². The molecule has 0 aliphatic heterocycles. The van der Waals surface area contributed by atoms with Gasteiger partial charge < -0.3 is 9.73 Å². The van der Waals surface area contributed by atoms with Crippen LogP contribution in [0.4, 0.5) is 0 Å². The van der Waals surface area contributed by atoms with Gasteiger partial charge in [0.25, 0.3) is 0 Å². The number of hydrogen-bond acceptors (Lipinski definition) is 4. The van der Waals surface area contributed by atoms with E-state index in [1.165, 1.54) is 19.3 Å². The van der Waals surface area contributed by atoms with Gasteiger partial charge in [-0.2, -0.15) is 11.8 Å². The lowest BCUT2D eigenvalue weighted by molar-refractivity contribution is -0.122. The lowest BCUT2D eigenvalue weighted by atomic mass is 10.2. The van der Waals surface area contributed by atoms with E-state index in [4.69, 9.17) is 4.42 Å². The fourth-order valence-corrected chi connectivity index (χ4v) is 3.74. The third-order valence-electron chi connectivity index (χ3n) is 3.72. The standard InChI is InChI=1S/C14H22N2O2S/c1-16(12-6-3-7-13(12)19-2)10-14(17)15-9-11-5-4-8-18-11/h4-5,8,12-13H,3,6-7,9-10H2,1-2H3,(H,15,17). The van der Waals surface area contributed by atoms with Gasteiger partial charge in [-0.25, -0.2) is 0 Å². The summed E-state index contributed by atoms with van der Waals surface area (Å²) in [6, 6.07) is 4.23. The minimum absolute atomic E-state index is 0.0608. The number of furan rings is 1. The number of thioether (sulfide) groups is 1. The van der Waals surface area contributed by atoms with Gasteiger partial charge in [0.2, 0.25) is 5.91 Å². The Balaban J connectivity index is 1.75. The minimum Gasteiger partial charge on any atom is -0.467 e. The summed E-state index contributed by atoms with van der Waals surface area (Å²) < 4.78 is 5.19. The fourth-order valence-electron chi connectivity index (χ4n) is 2.68. The van der Waals surface area contributed by atoms with Crippen molar-refractivity contribution in [3.63, 3.8) is 0 Å². The van der Waals surface area contributed by atoms with Crippen molar-refractivity contribution in [3.05, 3.63) is 24.2 Å². The molecule has 1 aliphatic carbocycles. The monoisotopic (exact) mass is 282 g/mol. The molecule has 1 heterocycles. The summed E-state index contributed by atoms with van der Waals surface area (Å²) in [6.45, 7) is 0.929. The van der Waals surface area contributed by atoms with Crippen molar-refractivity contribution in [3.8, 4) is 0 Å². The van der Waals surface area contributed by atoms with Gasteiger partial charge in [-0.15, -0.1) is 0 Å². The first-order valence-electron chi connectivity index (χ1n) is 6.73. The molecule has 1 fully saturated rings. The molecule has 2 unspecified atom stereocenters. The molecule has 2 rings (SSSR count). The Morgan fingerprint density at radius 1 is 1.58 bits per heavy atom. The van der Waals surface area contributed by atoms with Crippen LogP contribution in [-0.4, -0.2) is 41.9 Å². The summed E-state index contributed by atoms with van der Waals surface area (Å²) >= 11 is 1.92. The van der Waals surface area contributed by atoms with Crippen LogP contribution in [0.1, 0.15) is 25.0 Å². The van der Waals surface area contributed by atoms with Crippen LogP contribution in [0.25, 0.3) is 0 Å². The summed E-state index contributed by atoms with van der Waals surface area (Å²) in [4.78, 5) is 14.1. The summed E-state index contributed by atoms with van der Waals surface area (Å²) in [5.74, 6) is 0.851. The second kappa shape index (κ2) is 7.01. The van der Waals surface area contributed by atoms with E-state index in [2.05, 4.69) is 16.5 Å². The van der Waals surface area contributed by atoms with E-state index < -0.39 is 0 Å². The molecule has 2 atom stereocenters. The quantitative estimate of drug-likeness (QED) is 0.868. The maximum atomic E-state index is 11.9. The van der Waals surface area contributed by atoms with Crippen LogP contribution in [0.5, 0.6) is 0 Å². The highest BCUT2D eigenvalue weighted by Gasteiger charge is 2.30. The molecule has 5 heteroatoms.